The molecule has 0 spiro atoms. The number of aliphatic hydroxyl groups is 1. The van der Waals surface area contributed by atoms with Crippen LogP contribution in [0.2, 0.25) is 0 Å². The van der Waals surface area contributed by atoms with E-state index in [-0.39, 0.29) is 24.2 Å². The maximum atomic E-state index is 11.7. The van der Waals surface area contributed by atoms with Crippen LogP contribution in [0.15, 0.2) is 0 Å². The summed E-state index contributed by atoms with van der Waals surface area (Å²) in [7, 11) is -1.42. The predicted octanol–water partition coefficient (Wildman–Crippen LogP) is 0.0701. The second-order valence-corrected chi connectivity index (χ2v) is 8.00. The van der Waals surface area contributed by atoms with E-state index in [1.54, 1.807) is 7.11 Å². The van der Waals surface area contributed by atoms with Crippen molar-refractivity contribution in [2.45, 2.75) is 43.8 Å². The van der Waals surface area contributed by atoms with E-state index in [9.17, 15) is 13.5 Å². The summed E-state index contributed by atoms with van der Waals surface area (Å²) in [5.41, 5.74) is 4.15. The molecule has 106 valence electrons. The molecule has 18 heavy (non-hydrogen) atoms. The van der Waals surface area contributed by atoms with Gasteiger partial charge in [-0.3, -0.25) is 0 Å². The van der Waals surface area contributed by atoms with Crippen molar-refractivity contribution in [1.29, 1.82) is 0 Å². The molecule has 2 aliphatic rings. The lowest BCUT2D eigenvalue weighted by Gasteiger charge is -2.48. The number of hydrogen-bond acceptors (Lipinski definition) is 5. The van der Waals surface area contributed by atoms with Crippen molar-refractivity contribution >= 4 is 9.84 Å². The summed E-state index contributed by atoms with van der Waals surface area (Å²) in [6.45, 7) is 0.221. The van der Waals surface area contributed by atoms with E-state index in [1.807, 2.05) is 0 Å². The third kappa shape index (κ3) is 2.31. The van der Waals surface area contributed by atoms with Crippen LogP contribution in [-0.4, -0.2) is 50.4 Å². The van der Waals surface area contributed by atoms with Crippen molar-refractivity contribution in [1.82, 2.24) is 0 Å². The minimum absolute atomic E-state index is 0.00970. The summed E-state index contributed by atoms with van der Waals surface area (Å²) >= 11 is 0. The highest BCUT2D eigenvalue weighted by Gasteiger charge is 2.56. The molecule has 1 saturated heterocycles. The van der Waals surface area contributed by atoms with Crippen molar-refractivity contribution in [2.24, 2.45) is 11.1 Å². The molecular formula is C12H23NO4S. The summed E-state index contributed by atoms with van der Waals surface area (Å²) < 4.78 is 28.8. The molecule has 0 aromatic rings. The lowest BCUT2D eigenvalue weighted by molar-refractivity contribution is -0.127. The number of sulfone groups is 1. The van der Waals surface area contributed by atoms with Crippen molar-refractivity contribution < 1.29 is 18.3 Å². The van der Waals surface area contributed by atoms with Gasteiger partial charge in [0.15, 0.2) is 9.84 Å². The van der Waals surface area contributed by atoms with E-state index in [0.717, 1.165) is 12.8 Å². The Labute approximate surface area is 109 Å². The first-order valence-electron chi connectivity index (χ1n) is 6.52. The van der Waals surface area contributed by atoms with Gasteiger partial charge in [0.25, 0.3) is 0 Å². The number of methoxy groups -OCH3 is 1. The van der Waals surface area contributed by atoms with Gasteiger partial charge in [0.2, 0.25) is 0 Å². The maximum Gasteiger partial charge on any atom is 0.151 e. The Morgan fingerprint density at radius 2 is 2.17 bits per heavy atom. The Balaban J connectivity index is 2.26. The van der Waals surface area contributed by atoms with E-state index >= 15 is 0 Å². The summed E-state index contributed by atoms with van der Waals surface area (Å²) in [6.07, 6.45) is 3.38. The van der Waals surface area contributed by atoms with E-state index in [4.69, 9.17) is 10.5 Å². The summed E-state index contributed by atoms with van der Waals surface area (Å²) in [5, 5.41) is 10.9. The molecule has 0 bridgehead atoms. The van der Waals surface area contributed by atoms with Crippen LogP contribution >= 0.6 is 0 Å². The van der Waals surface area contributed by atoms with E-state index in [0.29, 0.717) is 19.3 Å². The van der Waals surface area contributed by atoms with Gasteiger partial charge in [0, 0.05) is 25.5 Å². The van der Waals surface area contributed by atoms with Crippen molar-refractivity contribution in [3.8, 4) is 0 Å². The molecule has 0 aromatic carbocycles. The monoisotopic (exact) mass is 277 g/mol. The molecule has 1 heterocycles. The van der Waals surface area contributed by atoms with Crippen LogP contribution in [0, 0.1) is 5.41 Å². The second-order valence-electron chi connectivity index (χ2n) is 5.81. The third-order valence-corrected chi connectivity index (χ3v) is 6.60. The molecule has 5 nitrogen and oxygen atoms in total. The smallest absolute Gasteiger partial charge is 0.151 e. The fourth-order valence-corrected chi connectivity index (χ4v) is 5.74. The largest absolute Gasteiger partial charge is 0.389 e. The number of nitrogens with two attached hydrogens (primary N) is 1. The molecule has 0 radical (unpaired) electrons. The van der Waals surface area contributed by atoms with Crippen LogP contribution in [0.4, 0.5) is 0 Å². The van der Waals surface area contributed by atoms with Crippen molar-refractivity contribution in [3.05, 3.63) is 0 Å². The van der Waals surface area contributed by atoms with E-state index in [1.165, 1.54) is 0 Å². The Bertz CT molecular complexity index is 410. The Morgan fingerprint density at radius 3 is 2.67 bits per heavy atom. The van der Waals surface area contributed by atoms with Gasteiger partial charge in [0.1, 0.15) is 0 Å². The molecule has 1 saturated carbocycles. The van der Waals surface area contributed by atoms with Crippen molar-refractivity contribution in [2.75, 3.05) is 25.2 Å². The maximum absolute atomic E-state index is 11.7. The summed E-state index contributed by atoms with van der Waals surface area (Å²) in [5.74, 6) is 0.160. The lowest BCUT2D eigenvalue weighted by Crippen LogP contribution is -2.56. The molecular weight excluding hydrogens is 254 g/mol. The molecule has 0 amide bonds. The number of hydrogen-bond donors (Lipinski definition) is 2. The van der Waals surface area contributed by atoms with E-state index in [2.05, 4.69) is 0 Å². The minimum Gasteiger partial charge on any atom is -0.389 e. The SMILES string of the molecule is COC1CCCC(O)(C2(CN)CCS(=O)(=O)C2)C1. The van der Waals surface area contributed by atoms with Crippen LogP contribution in [0.5, 0.6) is 0 Å². The van der Waals surface area contributed by atoms with Gasteiger partial charge in [-0.05, 0) is 25.7 Å². The van der Waals surface area contributed by atoms with Crippen molar-refractivity contribution in [3.63, 3.8) is 0 Å². The molecule has 1 aliphatic heterocycles. The third-order valence-electron chi connectivity index (χ3n) is 4.78. The van der Waals surface area contributed by atoms with Crippen LogP contribution in [0.1, 0.15) is 32.1 Å². The predicted molar refractivity (Wildman–Crippen MR) is 69.0 cm³/mol. The van der Waals surface area contributed by atoms with E-state index < -0.39 is 20.9 Å². The molecule has 3 atom stereocenters. The topological polar surface area (TPSA) is 89.6 Å². The summed E-state index contributed by atoms with van der Waals surface area (Å²) in [6, 6.07) is 0. The second kappa shape index (κ2) is 4.74. The van der Waals surface area contributed by atoms with Gasteiger partial charge >= 0.3 is 0 Å². The molecule has 3 N–H and O–H groups in total. The molecule has 0 aromatic heterocycles. The molecule has 6 heteroatoms. The molecule has 2 rings (SSSR count). The molecule has 3 unspecified atom stereocenters. The van der Waals surface area contributed by atoms with Crippen LogP contribution < -0.4 is 5.73 Å². The zero-order chi connectivity index (χ0) is 13.4. The molecule has 1 aliphatic carbocycles. The normalized spacial score (nSPS) is 44.1. The van der Waals surface area contributed by atoms with Gasteiger partial charge in [-0.15, -0.1) is 0 Å². The van der Waals surface area contributed by atoms with Gasteiger partial charge in [0.05, 0.1) is 23.2 Å². The quantitative estimate of drug-likeness (QED) is 0.762. The average molecular weight is 277 g/mol. The zero-order valence-corrected chi connectivity index (χ0v) is 11.7. The highest BCUT2D eigenvalue weighted by atomic mass is 32.2. The van der Waals surface area contributed by atoms with Crippen LogP contribution in [-0.2, 0) is 14.6 Å². The standard InChI is InChI=1S/C12H23NO4S/c1-17-10-3-2-4-12(14,7-10)11(8-13)5-6-18(15,16)9-11/h10,14H,2-9,13H2,1H3. The number of ether oxygens (including phenoxy) is 1. The lowest BCUT2D eigenvalue weighted by atomic mass is 9.64. The van der Waals surface area contributed by atoms with Gasteiger partial charge < -0.3 is 15.6 Å². The highest BCUT2D eigenvalue weighted by molar-refractivity contribution is 7.91. The Hall–Kier alpha value is -0.170. The fourth-order valence-electron chi connectivity index (χ4n) is 3.52. The fraction of sp³-hybridized carbons (Fsp3) is 1.00. The first-order valence-corrected chi connectivity index (χ1v) is 8.34. The average Bonchev–Trinajstić information content (AvgIpc) is 2.67. The van der Waals surface area contributed by atoms with Crippen LogP contribution in [0.3, 0.4) is 0 Å². The Kier molecular flexibility index (Phi) is 3.75. The molecule has 2 fully saturated rings. The van der Waals surface area contributed by atoms with Gasteiger partial charge in [-0.25, -0.2) is 8.42 Å². The number of rotatable bonds is 3. The first kappa shape index (κ1) is 14.2. The van der Waals surface area contributed by atoms with Gasteiger partial charge in [-0.1, -0.05) is 0 Å². The highest BCUT2D eigenvalue weighted by Crippen LogP contribution is 2.48. The Morgan fingerprint density at radius 1 is 1.44 bits per heavy atom. The van der Waals surface area contributed by atoms with Gasteiger partial charge in [-0.2, -0.15) is 0 Å². The minimum atomic E-state index is -3.06. The summed E-state index contributed by atoms with van der Waals surface area (Å²) in [4.78, 5) is 0. The van der Waals surface area contributed by atoms with Crippen LogP contribution in [0.25, 0.3) is 0 Å². The zero-order valence-electron chi connectivity index (χ0n) is 10.9. The first-order chi connectivity index (χ1) is 8.36.